The minimum Gasteiger partial charge on any atom is -0.369 e. The highest BCUT2D eigenvalue weighted by atomic mass is 16.1. The third-order valence-corrected chi connectivity index (χ3v) is 2.21. The lowest BCUT2D eigenvalue weighted by Gasteiger charge is -2.14. The van der Waals surface area contributed by atoms with Gasteiger partial charge in [-0.15, -0.1) is 0 Å². The van der Waals surface area contributed by atoms with Crippen LogP contribution in [-0.2, 0) is 4.79 Å². The summed E-state index contributed by atoms with van der Waals surface area (Å²) in [6, 6.07) is 0.520. The van der Waals surface area contributed by atoms with Crippen LogP contribution >= 0.6 is 0 Å². The van der Waals surface area contributed by atoms with Gasteiger partial charge in [0, 0.05) is 18.5 Å². The van der Waals surface area contributed by atoms with Gasteiger partial charge in [-0.2, -0.15) is 0 Å². The first-order chi connectivity index (χ1) is 5.70. The topological polar surface area (TPSA) is 55.1 Å². The van der Waals surface area contributed by atoms with Crippen molar-refractivity contribution >= 4 is 5.91 Å². The first-order valence-electron chi connectivity index (χ1n) is 4.38. The lowest BCUT2D eigenvalue weighted by molar-refractivity contribution is -0.121. The van der Waals surface area contributed by atoms with Crippen molar-refractivity contribution in [2.24, 2.45) is 11.7 Å². The summed E-state index contributed by atoms with van der Waals surface area (Å²) in [7, 11) is 0. The number of primary amides is 1. The van der Waals surface area contributed by atoms with Crippen molar-refractivity contribution in [3.05, 3.63) is 12.2 Å². The number of carbonyl (C=O) groups is 1. The molecule has 3 N–H and O–H groups in total. The lowest BCUT2D eigenvalue weighted by atomic mass is 10.1. The van der Waals surface area contributed by atoms with Crippen molar-refractivity contribution in [3.63, 3.8) is 0 Å². The van der Waals surface area contributed by atoms with Crippen LogP contribution in [0.25, 0.3) is 0 Å². The number of carbonyl (C=O) groups excluding carboxylic acids is 1. The zero-order valence-corrected chi connectivity index (χ0v) is 7.42. The Morgan fingerprint density at radius 1 is 1.67 bits per heavy atom. The van der Waals surface area contributed by atoms with Crippen LogP contribution in [0.1, 0.15) is 19.8 Å². The van der Waals surface area contributed by atoms with Gasteiger partial charge >= 0.3 is 0 Å². The van der Waals surface area contributed by atoms with Gasteiger partial charge in [0.05, 0.1) is 0 Å². The van der Waals surface area contributed by atoms with Crippen molar-refractivity contribution in [2.45, 2.75) is 25.8 Å². The van der Waals surface area contributed by atoms with Gasteiger partial charge in [-0.1, -0.05) is 19.1 Å². The van der Waals surface area contributed by atoms with E-state index >= 15 is 0 Å². The summed E-state index contributed by atoms with van der Waals surface area (Å²) < 4.78 is 0. The summed E-state index contributed by atoms with van der Waals surface area (Å²) in [5.41, 5.74) is 5.13. The van der Waals surface area contributed by atoms with E-state index in [0.29, 0.717) is 12.6 Å². The minimum atomic E-state index is -0.228. The molecule has 0 radical (unpaired) electrons. The predicted octanol–water partition coefficient (Wildman–Crippen LogP) is 0.416. The van der Waals surface area contributed by atoms with E-state index in [4.69, 9.17) is 5.73 Å². The summed E-state index contributed by atoms with van der Waals surface area (Å²) in [4.78, 5) is 10.7. The van der Waals surface area contributed by atoms with E-state index in [1.165, 1.54) is 0 Å². The molecule has 1 amide bonds. The Morgan fingerprint density at radius 3 is 2.75 bits per heavy atom. The largest absolute Gasteiger partial charge is 0.369 e. The van der Waals surface area contributed by atoms with Crippen molar-refractivity contribution in [1.82, 2.24) is 5.32 Å². The van der Waals surface area contributed by atoms with Crippen LogP contribution in [0.15, 0.2) is 12.2 Å². The quantitative estimate of drug-likeness (QED) is 0.598. The molecule has 1 rings (SSSR count). The van der Waals surface area contributed by atoms with Gasteiger partial charge in [0.25, 0.3) is 0 Å². The number of nitrogens with two attached hydrogens (primary N) is 1. The summed E-state index contributed by atoms with van der Waals surface area (Å²) in [5, 5.41) is 3.30. The monoisotopic (exact) mass is 168 g/mol. The molecule has 12 heavy (non-hydrogen) atoms. The molecular weight excluding hydrogens is 152 g/mol. The molecular formula is C9H16N2O. The standard InChI is InChI=1S/C9H16N2O/c1-7(9(10)12)6-11-8-4-2-3-5-8/h2-3,7-8,11H,4-6H2,1H3,(H2,10,12). The highest BCUT2D eigenvalue weighted by Gasteiger charge is 2.13. The van der Waals surface area contributed by atoms with Gasteiger partial charge in [-0.05, 0) is 12.8 Å². The second-order valence-electron chi connectivity index (χ2n) is 3.35. The van der Waals surface area contributed by atoms with Crippen LogP contribution in [0.4, 0.5) is 0 Å². The molecule has 0 aromatic carbocycles. The highest BCUT2D eigenvalue weighted by molar-refractivity contribution is 5.76. The van der Waals surface area contributed by atoms with Crippen molar-refractivity contribution in [1.29, 1.82) is 0 Å². The lowest BCUT2D eigenvalue weighted by Crippen LogP contribution is -2.35. The van der Waals surface area contributed by atoms with Crippen LogP contribution in [0.3, 0.4) is 0 Å². The van der Waals surface area contributed by atoms with E-state index in [-0.39, 0.29) is 11.8 Å². The van der Waals surface area contributed by atoms with Crippen LogP contribution < -0.4 is 11.1 Å². The molecule has 1 aliphatic rings. The molecule has 0 saturated carbocycles. The highest BCUT2D eigenvalue weighted by Crippen LogP contribution is 2.09. The number of amides is 1. The first kappa shape index (κ1) is 9.26. The Kier molecular flexibility index (Phi) is 3.29. The van der Waals surface area contributed by atoms with Crippen molar-refractivity contribution < 1.29 is 4.79 Å². The van der Waals surface area contributed by atoms with E-state index in [9.17, 15) is 4.79 Å². The second-order valence-corrected chi connectivity index (χ2v) is 3.35. The number of rotatable bonds is 4. The molecule has 0 fully saturated rings. The summed E-state index contributed by atoms with van der Waals surface area (Å²) in [6.45, 7) is 2.54. The zero-order chi connectivity index (χ0) is 8.97. The third kappa shape index (κ3) is 2.66. The third-order valence-electron chi connectivity index (χ3n) is 2.21. The summed E-state index contributed by atoms with van der Waals surface area (Å²) in [6.07, 6.45) is 6.47. The SMILES string of the molecule is CC(CNC1CC=CC1)C(N)=O. The van der Waals surface area contributed by atoms with Gasteiger partial charge in [-0.25, -0.2) is 0 Å². The molecule has 0 spiro atoms. The second kappa shape index (κ2) is 4.26. The molecule has 0 bridgehead atoms. The molecule has 3 nitrogen and oxygen atoms in total. The average Bonchev–Trinajstić information content (AvgIpc) is 2.51. The fourth-order valence-corrected chi connectivity index (χ4v) is 1.23. The van der Waals surface area contributed by atoms with Crippen LogP contribution in [0.5, 0.6) is 0 Å². The Balaban J connectivity index is 2.12. The van der Waals surface area contributed by atoms with Crippen molar-refractivity contribution in [2.75, 3.05) is 6.54 Å². The van der Waals surface area contributed by atoms with E-state index in [0.717, 1.165) is 12.8 Å². The fourth-order valence-electron chi connectivity index (χ4n) is 1.23. The Bertz CT molecular complexity index is 181. The molecule has 0 heterocycles. The van der Waals surface area contributed by atoms with E-state index in [1.807, 2.05) is 6.92 Å². The van der Waals surface area contributed by atoms with Gasteiger partial charge in [0.1, 0.15) is 0 Å². The Hall–Kier alpha value is -0.830. The van der Waals surface area contributed by atoms with Gasteiger partial charge in [-0.3, -0.25) is 4.79 Å². The predicted molar refractivity (Wildman–Crippen MR) is 48.5 cm³/mol. The summed E-state index contributed by atoms with van der Waals surface area (Å²) in [5.74, 6) is -0.293. The minimum absolute atomic E-state index is 0.0643. The summed E-state index contributed by atoms with van der Waals surface area (Å²) >= 11 is 0. The maximum Gasteiger partial charge on any atom is 0.221 e. The number of hydrogen-bond acceptors (Lipinski definition) is 2. The van der Waals surface area contributed by atoms with Gasteiger partial charge < -0.3 is 11.1 Å². The fraction of sp³-hybridized carbons (Fsp3) is 0.667. The number of nitrogens with one attached hydrogen (secondary N) is 1. The molecule has 1 aliphatic carbocycles. The number of hydrogen-bond donors (Lipinski definition) is 2. The maximum atomic E-state index is 10.7. The van der Waals surface area contributed by atoms with Crippen LogP contribution in [0, 0.1) is 5.92 Å². The molecule has 0 aromatic heterocycles. The zero-order valence-electron chi connectivity index (χ0n) is 7.42. The molecule has 0 aliphatic heterocycles. The van der Waals surface area contributed by atoms with E-state index < -0.39 is 0 Å². The smallest absolute Gasteiger partial charge is 0.221 e. The normalized spacial score (nSPS) is 19.8. The maximum absolute atomic E-state index is 10.7. The molecule has 68 valence electrons. The van der Waals surface area contributed by atoms with Gasteiger partial charge in [0.2, 0.25) is 5.91 Å². The van der Waals surface area contributed by atoms with Crippen molar-refractivity contribution in [3.8, 4) is 0 Å². The molecule has 1 unspecified atom stereocenters. The molecule has 0 saturated heterocycles. The first-order valence-corrected chi connectivity index (χ1v) is 4.38. The molecule has 1 atom stereocenters. The Morgan fingerprint density at radius 2 is 2.25 bits per heavy atom. The van der Waals surface area contributed by atoms with Crippen LogP contribution in [-0.4, -0.2) is 18.5 Å². The Labute approximate surface area is 73.0 Å². The average molecular weight is 168 g/mol. The van der Waals surface area contributed by atoms with Gasteiger partial charge in [0.15, 0.2) is 0 Å². The van der Waals surface area contributed by atoms with E-state index in [2.05, 4.69) is 17.5 Å². The molecule has 0 aromatic rings. The van der Waals surface area contributed by atoms with E-state index in [1.54, 1.807) is 0 Å². The van der Waals surface area contributed by atoms with Crippen LogP contribution in [0.2, 0.25) is 0 Å². The molecule has 3 heteroatoms.